The second-order valence-electron chi connectivity index (χ2n) is 6.48. The predicted octanol–water partition coefficient (Wildman–Crippen LogP) is -1.24. The van der Waals surface area contributed by atoms with Crippen molar-refractivity contribution >= 4 is 44.7 Å². The van der Waals surface area contributed by atoms with Crippen LogP contribution in [0, 0.1) is 0 Å². The van der Waals surface area contributed by atoms with Crippen LogP contribution in [-0.4, -0.2) is 77.1 Å². The van der Waals surface area contributed by atoms with Crippen molar-refractivity contribution in [2.45, 2.75) is 37.0 Å². The number of hydrogen-bond donors (Lipinski definition) is 4. The normalized spacial score (nSPS) is 27.7. The minimum absolute atomic E-state index is 0.183. The van der Waals surface area contributed by atoms with Crippen LogP contribution in [0.5, 0.6) is 0 Å². The lowest BCUT2D eigenvalue weighted by atomic mass is 10.1. The highest BCUT2D eigenvalue weighted by Crippen LogP contribution is 2.32. The van der Waals surface area contributed by atoms with E-state index in [0.717, 1.165) is 0 Å². The van der Waals surface area contributed by atoms with Crippen molar-refractivity contribution in [2.24, 2.45) is 5.73 Å². The molecule has 2 aromatic heterocycles. The Kier molecular flexibility index (Phi) is 6.18. The smallest absolute Gasteiger partial charge is 0.238 e. The van der Waals surface area contributed by atoms with Gasteiger partial charge in [-0.1, -0.05) is 0 Å². The number of fused-ring (bicyclic) bond motifs is 1. The fraction of sp³-hybridized carbons (Fsp3) is 0.600. The Labute approximate surface area is 163 Å². The van der Waals surface area contributed by atoms with Gasteiger partial charge < -0.3 is 26.4 Å². The summed E-state index contributed by atoms with van der Waals surface area (Å²) in [6, 6.07) is -0.697. The number of nitrogens with two attached hydrogens (primary N) is 2. The molecule has 1 aliphatic heterocycles. The van der Waals surface area contributed by atoms with E-state index in [9.17, 15) is 15.0 Å². The summed E-state index contributed by atoms with van der Waals surface area (Å²) < 4.78 is 7.45. The number of carbonyl (C=O) groups is 1. The first-order chi connectivity index (χ1) is 12.8. The molecule has 0 bridgehead atoms. The highest BCUT2D eigenvalue weighted by Gasteiger charge is 2.46. The Bertz CT molecular complexity index is 823. The summed E-state index contributed by atoms with van der Waals surface area (Å²) in [5.41, 5.74) is 12.2. The highest BCUT2D eigenvalue weighted by atomic mass is 35.5. The van der Waals surface area contributed by atoms with E-state index in [0.29, 0.717) is 29.1 Å². The highest BCUT2D eigenvalue weighted by molar-refractivity contribution is 7.96. The fourth-order valence-electron chi connectivity index (χ4n) is 2.96. The second-order valence-corrected chi connectivity index (χ2v) is 9.16. The molecule has 0 spiro atoms. The molecule has 0 radical (unpaired) electrons. The fourth-order valence-corrected chi connectivity index (χ4v) is 4.73. The van der Waals surface area contributed by atoms with Gasteiger partial charge in [-0.05, 0) is 22.5 Å². The second kappa shape index (κ2) is 8.25. The molecule has 0 aromatic carbocycles. The first kappa shape index (κ1) is 20.2. The van der Waals surface area contributed by atoms with Crippen molar-refractivity contribution in [1.29, 1.82) is 0 Å². The van der Waals surface area contributed by atoms with Gasteiger partial charge in [0, 0.05) is 6.42 Å². The van der Waals surface area contributed by atoms with Gasteiger partial charge >= 0.3 is 0 Å². The van der Waals surface area contributed by atoms with Crippen molar-refractivity contribution < 1.29 is 19.7 Å². The van der Waals surface area contributed by atoms with Gasteiger partial charge in [0.2, 0.25) is 5.24 Å². The molecule has 6 N–H and O–H groups in total. The van der Waals surface area contributed by atoms with Gasteiger partial charge in [-0.15, -0.1) is 0 Å². The van der Waals surface area contributed by atoms with Gasteiger partial charge in [0.25, 0.3) is 0 Å². The van der Waals surface area contributed by atoms with Gasteiger partial charge in [-0.25, -0.2) is 15.0 Å². The third-order valence-electron chi connectivity index (χ3n) is 4.52. The van der Waals surface area contributed by atoms with Crippen molar-refractivity contribution in [1.82, 2.24) is 19.5 Å². The first-order valence-corrected chi connectivity index (χ1v) is 10.6. The number of halogens is 1. The van der Waals surface area contributed by atoms with Crippen LogP contribution in [-0.2, 0) is 20.4 Å². The third kappa shape index (κ3) is 4.18. The number of nitrogens with zero attached hydrogens (tertiary/aromatic N) is 4. The summed E-state index contributed by atoms with van der Waals surface area (Å²) in [5, 5.41) is 20.3. The SMILES string of the molecule is C[S+](CC[C@H](N)C(=O)Cl)C[C@H]1O[C@@H](n2cnc3c(N)ncnc32)[C@H](O)[C@@H]1O. The monoisotopic (exact) mass is 417 g/mol. The van der Waals surface area contributed by atoms with Crippen LogP contribution in [0.4, 0.5) is 5.82 Å². The van der Waals surface area contributed by atoms with E-state index in [1.54, 1.807) is 0 Å². The Hall–Kier alpha value is -1.50. The van der Waals surface area contributed by atoms with Gasteiger partial charge in [-0.2, -0.15) is 0 Å². The molecule has 0 saturated carbocycles. The van der Waals surface area contributed by atoms with E-state index in [1.807, 2.05) is 6.26 Å². The molecule has 1 aliphatic rings. The number of hydrogen-bond acceptors (Lipinski definition) is 9. The molecule has 10 nitrogen and oxygen atoms in total. The van der Waals surface area contributed by atoms with E-state index >= 15 is 0 Å². The van der Waals surface area contributed by atoms with E-state index in [4.69, 9.17) is 27.8 Å². The predicted molar refractivity (Wildman–Crippen MR) is 102 cm³/mol. The lowest BCUT2D eigenvalue weighted by Crippen LogP contribution is -2.36. The molecule has 6 atom stereocenters. The molecular weight excluding hydrogens is 396 g/mol. The molecule has 148 valence electrons. The standard InChI is InChI=1S/C15H22ClN6O4S/c1-27(3-2-7(17)12(16)25)4-8-10(23)11(24)15(26-8)22-6-21-9-13(18)19-5-20-14(9)22/h5-8,10-11,15,23-24H,2-4,17H2,1H3,(H2,18,19,20)/q+1/t7-,8+,10+,11+,15+,27?/m0/s1. The number of anilines is 1. The maximum absolute atomic E-state index is 11.0. The van der Waals surface area contributed by atoms with Crippen LogP contribution in [0.25, 0.3) is 11.2 Å². The Morgan fingerprint density at radius 2 is 2.15 bits per heavy atom. The molecular formula is C15H22ClN6O4S+. The molecule has 12 heteroatoms. The summed E-state index contributed by atoms with van der Waals surface area (Å²) >= 11 is 5.37. The van der Waals surface area contributed by atoms with E-state index < -0.39 is 35.8 Å². The number of imidazole rings is 1. The molecule has 3 heterocycles. The molecule has 0 aliphatic carbocycles. The van der Waals surface area contributed by atoms with Crippen LogP contribution >= 0.6 is 11.6 Å². The molecule has 27 heavy (non-hydrogen) atoms. The Morgan fingerprint density at radius 3 is 2.85 bits per heavy atom. The van der Waals surface area contributed by atoms with Crippen LogP contribution in [0.3, 0.4) is 0 Å². The minimum atomic E-state index is -1.15. The van der Waals surface area contributed by atoms with Crippen molar-refractivity contribution in [2.75, 3.05) is 23.5 Å². The number of nitrogen functional groups attached to an aromatic ring is 1. The number of ether oxygens (including phenoxy) is 1. The zero-order valence-corrected chi connectivity index (χ0v) is 16.2. The molecule has 0 amide bonds. The molecule has 1 fully saturated rings. The number of carbonyl (C=O) groups excluding carboxylic acids is 1. The summed E-state index contributed by atoms with van der Waals surface area (Å²) in [4.78, 5) is 23.2. The Morgan fingerprint density at radius 1 is 1.41 bits per heavy atom. The average molecular weight is 418 g/mol. The average Bonchev–Trinajstić information content (AvgIpc) is 3.17. The first-order valence-electron chi connectivity index (χ1n) is 8.28. The lowest BCUT2D eigenvalue weighted by Gasteiger charge is -2.16. The maximum atomic E-state index is 11.0. The molecule has 1 unspecified atom stereocenters. The van der Waals surface area contributed by atoms with Crippen molar-refractivity contribution in [3.63, 3.8) is 0 Å². The summed E-state index contributed by atoms with van der Waals surface area (Å²) in [6.07, 6.45) is 1.58. The van der Waals surface area contributed by atoms with Crippen LogP contribution in [0.1, 0.15) is 12.6 Å². The lowest BCUT2D eigenvalue weighted by molar-refractivity contribution is -0.112. The zero-order chi connectivity index (χ0) is 19.7. The summed E-state index contributed by atoms with van der Waals surface area (Å²) in [6.45, 7) is 0. The molecule has 3 rings (SSSR count). The molecule has 2 aromatic rings. The van der Waals surface area contributed by atoms with Crippen LogP contribution < -0.4 is 11.5 Å². The van der Waals surface area contributed by atoms with Crippen LogP contribution in [0.15, 0.2) is 12.7 Å². The van der Waals surface area contributed by atoms with Gasteiger partial charge in [0.15, 0.2) is 17.7 Å². The molecule has 1 saturated heterocycles. The maximum Gasteiger partial charge on any atom is 0.238 e. The van der Waals surface area contributed by atoms with Gasteiger partial charge in [-0.3, -0.25) is 9.36 Å². The van der Waals surface area contributed by atoms with Crippen LogP contribution in [0.2, 0.25) is 0 Å². The van der Waals surface area contributed by atoms with Crippen molar-refractivity contribution in [3.05, 3.63) is 12.7 Å². The number of rotatable bonds is 7. The quantitative estimate of drug-likeness (QED) is 0.318. The number of aliphatic hydroxyl groups excluding tert-OH is 2. The zero-order valence-electron chi connectivity index (χ0n) is 14.6. The van der Waals surface area contributed by atoms with E-state index in [1.165, 1.54) is 17.2 Å². The van der Waals surface area contributed by atoms with Gasteiger partial charge in [0.1, 0.15) is 41.7 Å². The topological polar surface area (TPSA) is 162 Å². The summed E-state index contributed by atoms with van der Waals surface area (Å²) in [7, 11) is -0.183. The van der Waals surface area contributed by atoms with Gasteiger partial charge in [0.05, 0.1) is 18.6 Å². The third-order valence-corrected chi connectivity index (χ3v) is 6.63. The number of aromatic nitrogens is 4. The van der Waals surface area contributed by atoms with E-state index in [-0.39, 0.29) is 16.7 Å². The summed E-state index contributed by atoms with van der Waals surface area (Å²) in [5.74, 6) is 1.41. The largest absolute Gasteiger partial charge is 0.387 e. The Balaban J connectivity index is 1.68. The number of aliphatic hydroxyl groups is 2. The van der Waals surface area contributed by atoms with E-state index in [2.05, 4.69) is 15.0 Å². The minimum Gasteiger partial charge on any atom is -0.387 e. The van der Waals surface area contributed by atoms with Crippen molar-refractivity contribution in [3.8, 4) is 0 Å².